The second kappa shape index (κ2) is 12.0. The van der Waals surface area contributed by atoms with Gasteiger partial charge in [0.1, 0.15) is 18.6 Å². The molecule has 3 aromatic carbocycles. The van der Waals surface area contributed by atoms with E-state index in [1.807, 2.05) is 61.5 Å². The average Bonchev–Trinajstić information content (AvgIpc) is 2.90. The van der Waals surface area contributed by atoms with Gasteiger partial charge in [-0.3, -0.25) is 4.90 Å². The van der Waals surface area contributed by atoms with Crippen LogP contribution in [0.15, 0.2) is 71.6 Å². The SMILES string of the molecule is CCc1ccc(S(=O)(=O)N2CCN(Cc3cc(CC=O)ccc3OCc3ccc(Cl)cc3)CC2)cc1. The number of piperazine rings is 1. The smallest absolute Gasteiger partial charge is 0.243 e. The molecule has 8 heteroatoms. The fourth-order valence-corrected chi connectivity index (χ4v) is 5.83. The number of hydrogen-bond donors (Lipinski definition) is 0. The molecule has 6 nitrogen and oxygen atoms in total. The largest absolute Gasteiger partial charge is 0.489 e. The number of carbonyl (C=O) groups excluding carboxylic acids is 1. The number of hydrogen-bond acceptors (Lipinski definition) is 5. The summed E-state index contributed by atoms with van der Waals surface area (Å²) in [7, 11) is -3.51. The van der Waals surface area contributed by atoms with E-state index in [1.54, 1.807) is 16.4 Å². The fraction of sp³-hybridized carbons (Fsp3) is 0.321. The number of nitrogens with zero attached hydrogens (tertiary/aromatic N) is 2. The Morgan fingerprint density at radius 1 is 0.889 bits per heavy atom. The lowest BCUT2D eigenvalue weighted by Crippen LogP contribution is -2.48. The van der Waals surface area contributed by atoms with Crippen molar-refractivity contribution in [2.45, 2.75) is 37.8 Å². The molecule has 1 aliphatic heterocycles. The first-order valence-electron chi connectivity index (χ1n) is 12.1. The molecule has 0 saturated carbocycles. The van der Waals surface area contributed by atoms with Crippen LogP contribution in [0, 0.1) is 0 Å². The number of ether oxygens (including phenoxy) is 1. The van der Waals surface area contributed by atoms with Crippen molar-refractivity contribution in [3.63, 3.8) is 0 Å². The van der Waals surface area contributed by atoms with Crippen molar-refractivity contribution < 1.29 is 17.9 Å². The van der Waals surface area contributed by atoms with E-state index in [1.165, 1.54) is 0 Å². The predicted molar refractivity (Wildman–Crippen MR) is 142 cm³/mol. The third kappa shape index (κ3) is 6.53. The molecule has 0 radical (unpaired) electrons. The van der Waals surface area contributed by atoms with Crippen LogP contribution >= 0.6 is 11.6 Å². The molecule has 0 aliphatic carbocycles. The fourth-order valence-electron chi connectivity index (χ4n) is 4.28. The first-order valence-corrected chi connectivity index (χ1v) is 13.9. The minimum Gasteiger partial charge on any atom is -0.489 e. The van der Waals surface area contributed by atoms with E-state index in [-0.39, 0.29) is 0 Å². The van der Waals surface area contributed by atoms with Crippen molar-refractivity contribution in [2.24, 2.45) is 0 Å². The van der Waals surface area contributed by atoms with Crippen LogP contribution in [0.1, 0.15) is 29.2 Å². The van der Waals surface area contributed by atoms with Gasteiger partial charge in [0, 0.05) is 49.7 Å². The minimum absolute atomic E-state index is 0.340. The van der Waals surface area contributed by atoms with Crippen LogP contribution in [0.3, 0.4) is 0 Å². The molecule has 0 atom stereocenters. The molecule has 0 unspecified atom stereocenters. The molecule has 1 saturated heterocycles. The van der Waals surface area contributed by atoms with Gasteiger partial charge in [0.25, 0.3) is 0 Å². The first-order chi connectivity index (χ1) is 17.4. The van der Waals surface area contributed by atoms with E-state index < -0.39 is 10.0 Å². The minimum atomic E-state index is -3.51. The van der Waals surface area contributed by atoms with Crippen molar-refractivity contribution in [2.75, 3.05) is 26.2 Å². The number of aldehydes is 1. The average molecular weight is 527 g/mol. The Hall–Kier alpha value is -2.71. The summed E-state index contributed by atoms with van der Waals surface area (Å²) >= 11 is 5.98. The quantitative estimate of drug-likeness (QED) is 0.357. The molecule has 1 heterocycles. The Kier molecular flexibility index (Phi) is 8.80. The second-order valence-corrected chi connectivity index (χ2v) is 11.3. The molecule has 190 valence electrons. The maximum Gasteiger partial charge on any atom is 0.243 e. The van der Waals surface area contributed by atoms with Crippen LogP contribution in [0.4, 0.5) is 0 Å². The van der Waals surface area contributed by atoms with Gasteiger partial charge in [-0.1, -0.05) is 54.9 Å². The zero-order valence-corrected chi connectivity index (χ0v) is 22.0. The van der Waals surface area contributed by atoms with Gasteiger partial charge in [-0.15, -0.1) is 0 Å². The topological polar surface area (TPSA) is 66.9 Å². The number of sulfonamides is 1. The molecule has 0 bridgehead atoms. The molecule has 4 rings (SSSR count). The Bertz CT molecular complexity index is 1270. The maximum absolute atomic E-state index is 13.1. The summed E-state index contributed by atoms with van der Waals surface area (Å²) in [5.41, 5.74) is 4.03. The van der Waals surface area contributed by atoms with Gasteiger partial charge < -0.3 is 9.53 Å². The predicted octanol–water partition coefficient (Wildman–Crippen LogP) is 4.73. The van der Waals surface area contributed by atoms with E-state index in [0.29, 0.717) is 55.7 Å². The van der Waals surface area contributed by atoms with E-state index in [2.05, 4.69) is 4.90 Å². The van der Waals surface area contributed by atoms with E-state index in [0.717, 1.165) is 40.7 Å². The summed E-state index contributed by atoms with van der Waals surface area (Å²) in [6, 6.07) is 20.5. The number of aryl methyl sites for hydroxylation is 1. The normalized spacial score (nSPS) is 15.1. The summed E-state index contributed by atoms with van der Waals surface area (Å²) in [5, 5.41) is 0.678. The third-order valence-corrected chi connectivity index (χ3v) is 8.61. The lowest BCUT2D eigenvalue weighted by atomic mass is 10.1. The van der Waals surface area contributed by atoms with E-state index in [9.17, 15) is 13.2 Å². The first kappa shape index (κ1) is 26.4. The second-order valence-electron chi connectivity index (χ2n) is 8.91. The van der Waals surface area contributed by atoms with Crippen LogP contribution in [-0.2, 0) is 40.8 Å². The third-order valence-electron chi connectivity index (χ3n) is 6.45. The lowest BCUT2D eigenvalue weighted by molar-refractivity contribution is -0.107. The highest BCUT2D eigenvalue weighted by Gasteiger charge is 2.28. The standard InChI is InChI=1S/C28H31ClN2O4S/c1-2-22-5-10-27(11-6-22)36(33,34)31-16-14-30(15-17-31)20-25-19-23(13-18-32)7-12-28(25)35-21-24-3-8-26(29)9-4-24/h3-12,18-19H,2,13-17,20-21H2,1H3. The zero-order valence-electron chi connectivity index (χ0n) is 20.4. The Labute approximate surface area is 218 Å². The number of rotatable bonds is 10. The van der Waals surface area contributed by atoms with Crippen LogP contribution in [0.25, 0.3) is 0 Å². The Morgan fingerprint density at radius 3 is 2.17 bits per heavy atom. The summed E-state index contributed by atoms with van der Waals surface area (Å²) in [6.07, 6.45) is 2.11. The summed E-state index contributed by atoms with van der Waals surface area (Å²) in [5.74, 6) is 0.755. The van der Waals surface area contributed by atoms with Crippen molar-refractivity contribution in [1.29, 1.82) is 0 Å². The molecular formula is C28H31ClN2O4S. The molecule has 0 aromatic heterocycles. The number of carbonyl (C=O) groups is 1. The van der Waals surface area contributed by atoms with Gasteiger partial charge in [-0.2, -0.15) is 4.31 Å². The van der Waals surface area contributed by atoms with Crippen LogP contribution in [0.2, 0.25) is 5.02 Å². The van der Waals surface area contributed by atoms with Crippen LogP contribution < -0.4 is 4.74 Å². The van der Waals surface area contributed by atoms with E-state index >= 15 is 0 Å². The van der Waals surface area contributed by atoms with Gasteiger partial charge in [0.05, 0.1) is 4.90 Å². The van der Waals surface area contributed by atoms with Gasteiger partial charge in [-0.05, 0) is 53.4 Å². The Balaban J connectivity index is 1.42. The molecule has 0 amide bonds. The van der Waals surface area contributed by atoms with E-state index in [4.69, 9.17) is 16.3 Å². The van der Waals surface area contributed by atoms with Crippen molar-refractivity contribution in [3.8, 4) is 5.75 Å². The van der Waals surface area contributed by atoms with Gasteiger partial charge >= 0.3 is 0 Å². The molecule has 1 aliphatic rings. The molecule has 1 fully saturated rings. The van der Waals surface area contributed by atoms with Crippen molar-refractivity contribution >= 4 is 27.9 Å². The number of benzene rings is 3. The molecular weight excluding hydrogens is 496 g/mol. The van der Waals surface area contributed by atoms with Gasteiger partial charge in [0.2, 0.25) is 10.0 Å². The highest BCUT2D eigenvalue weighted by Crippen LogP contribution is 2.25. The molecule has 0 spiro atoms. The summed E-state index contributed by atoms with van der Waals surface area (Å²) in [6.45, 7) is 5.13. The van der Waals surface area contributed by atoms with Gasteiger partial charge in [-0.25, -0.2) is 8.42 Å². The highest BCUT2D eigenvalue weighted by molar-refractivity contribution is 7.89. The molecule has 36 heavy (non-hydrogen) atoms. The van der Waals surface area contributed by atoms with Crippen molar-refractivity contribution in [3.05, 3.63) is 94.0 Å². The maximum atomic E-state index is 13.1. The van der Waals surface area contributed by atoms with Crippen molar-refractivity contribution in [1.82, 2.24) is 9.21 Å². The molecule has 3 aromatic rings. The van der Waals surface area contributed by atoms with Crippen LogP contribution in [0.5, 0.6) is 5.75 Å². The van der Waals surface area contributed by atoms with Crippen LogP contribution in [-0.4, -0.2) is 50.1 Å². The Morgan fingerprint density at radius 2 is 1.53 bits per heavy atom. The zero-order chi connectivity index (χ0) is 25.5. The number of halogens is 1. The van der Waals surface area contributed by atoms with Gasteiger partial charge in [0.15, 0.2) is 0 Å². The lowest BCUT2D eigenvalue weighted by Gasteiger charge is -2.34. The highest BCUT2D eigenvalue weighted by atomic mass is 35.5. The summed E-state index contributed by atoms with van der Waals surface area (Å²) < 4.78 is 33.9. The molecule has 0 N–H and O–H groups in total. The summed E-state index contributed by atoms with van der Waals surface area (Å²) in [4.78, 5) is 13.6. The monoisotopic (exact) mass is 526 g/mol.